The van der Waals surface area contributed by atoms with E-state index in [1.54, 1.807) is 11.3 Å². The van der Waals surface area contributed by atoms with Crippen LogP contribution in [-0.4, -0.2) is 11.2 Å². The molecule has 1 atom stereocenters. The van der Waals surface area contributed by atoms with E-state index >= 15 is 0 Å². The van der Waals surface area contributed by atoms with Crippen molar-refractivity contribution in [2.75, 3.05) is 0 Å². The van der Waals surface area contributed by atoms with Crippen molar-refractivity contribution in [3.8, 4) is 5.75 Å². The third kappa shape index (κ3) is 2.99. The van der Waals surface area contributed by atoms with Crippen LogP contribution in [0.2, 0.25) is 0 Å². The normalized spacial score (nSPS) is 16.3. The first kappa shape index (κ1) is 12.7. The van der Waals surface area contributed by atoms with Crippen LogP contribution in [0.25, 0.3) is 0 Å². The number of benzene rings is 1. The Bertz CT molecular complexity index is 540. The maximum Gasteiger partial charge on any atom is 0.119 e. The number of aliphatic hydroxyl groups excluding tert-OH is 1. The number of aryl methyl sites for hydroxylation is 1. The summed E-state index contributed by atoms with van der Waals surface area (Å²) in [6.45, 7) is 2.13. The van der Waals surface area contributed by atoms with Crippen LogP contribution < -0.4 is 4.74 Å². The molecule has 100 valence electrons. The van der Waals surface area contributed by atoms with Gasteiger partial charge in [-0.15, -0.1) is 11.3 Å². The lowest BCUT2D eigenvalue weighted by atomic mass is 10.1. The molecule has 1 heterocycles. The minimum absolute atomic E-state index is 0.417. The number of ether oxygens (including phenoxy) is 1. The molecule has 2 aromatic rings. The zero-order chi connectivity index (χ0) is 13.2. The SMILES string of the molecule is CCc1ccc(C(O)c2ccc(OC3CC3)cc2)s1. The Morgan fingerprint density at radius 3 is 2.53 bits per heavy atom. The Morgan fingerprint density at radius 2 is 1.95 bits per heavy atom. The average molecular weight is 274 g/mol. The Labute approximate surface area is 117 Å². The van der Waals surface area contributed by atoms with Crippen LogP contribution in [0.3, 0.4) is 0 Å². The van der Waals surface area contributed by atoms with Gasteiger partial charge in [-0.3, -0.25) is 0 Å². The molecule has 0 spiro atoms. The predicted molar refractivity (Wildman–Crippen MR) is 77.9 cm³/mol. The molecule has 0 aliphatic heterocycles. The van der Waals surface area contributed by atoms with Crippen molar-refractivity contribution in [3.05, 3.63) is 51.7 Å². The smallest absolute Gasteiger partial charge is 0.119 e. The van der Waals surface area contributed by atoms with Crippen LogP contribution in [0, 0.1) is 0 Å². The molecule has 19 heavy (non-hydrogen) atoms. The van der Waals surface area contributed by atoms with E-state index in [-0.39, 0.29) is 0 Å². The molecule has 0 saturated heterocycles. The largest absolute Gasteiger partial charge is 0.490 e. The van der Waals surface area contributed by atoms with E-state index in [1.807, 2.05) is 30.3 Å². The first-order valence-electron chi connectivity index (χ1n) is 6.79. The van der Waals surface area contributed by atoms with Crippen LogP contribution in [0.5, 0.6) is 5.75 Å². The molecule has 1 unspecified atom stereocenters. The minimum atomic E-state index is -0.528. The summed E-state index contributed by atoms with van der Waals surface area (Å²) in [5.41, 5.74) is 0.924. The first-order valence-corrected chi connectivity index (χ1v) is 7.61. The van der Waals surface area contributed by atoms with Gasteiger partial charge < -0.3 is 9.84 Å². The highest BCUT2D eigenvalue weighted by atomic mass is 32.1. The lowest BCUT2D eigenvalue weighted by Crippen LogP contribution is -1.99. The summed E-state index contributed by atoms with van der Waals surface area (Å²) < 4.78 is 5.71. The second kappa shape index (κ2) is 5.35. The molecule has 1 aliphatic carbocycles. The molecule has 0 bridgehead atoms. The molecule has 3 heteroatoms. The highest BCUT2D eigenvalue weighted by Gasteiger charge is 2.23. The average Bonchev–Trinajstić information content (AvgIpc) is 3.12. The van der Waals surface area contributed by atoms with Crippen LogP contribution >= 0.6 is 11.3 Å². The second-order valence-electron chi connectivity index (χ2n) is 4.95. The molecular formula is C16H18O2S. The van der Waals surface area contributed by atoms with Gasteiger partial charge in [0.2, 0.25) is 0 Å². The topological polar surface area (TPSA) is 29.5 Å². The van der Waals surface area contributed by atoms with Crippen molar-refractivity contribution in [2.24, 2.45) is 0 Å². The van der Waals surface area contributed by atoms with Gasteiger partial charge in [-0.1, -0.05) is 19.1 Å². The van der Waals surface area contributed by atoms with E-state index in [0.717, 1.165) is 22.6 Å². The van der Waals surface area contributed by atoms with Gasteiger partial charge in [-0.05, 0) is 49.1 Å². The summed E-state index contributed by atoms with van der Waals surface area (Å²) in [6, 6.07) is 11.9. The third-order valence-corrected chi connectivity index (χ3v) is 4.61. The summed E-state index contributed by atoms with van der Waals surface area (Å²) >= 11 is 1.68. The minimum Gasteiger partial charge on any atom is -0.490 e. The van der Waals surface area contributed by atoms with Gasteiger partial charge in [-0.25, -0.2) is 0 Å². The Balaban J connectivity index is 1.73. The van der Waals surface area contributed by atoms with Gasteiger partial charge in [0, 0.05) is 9.75 Å². The van der Waals surface area contributed by atoms with E-state index in [9.17, 15) is 5.11 Å². The fourth-order valence-corrected chi connectivity index (χ4v) is 2.97. The fraction of sp³-hybridized carbons (Fsp3) is 0.375. The Kier molecular flexibility index (Phi) is 3.58. The van der Waals surface area contributed by atoms with Gasteiger partial charge in [0.1, 0.15) is 11.9 Å². The van der Waals surface area contributed by atoms with Crippen molar-refractivity contribution in [1.82, 2.24) is 0 Å². The molecule has 2 nitrogen and oxygen atoms in total. The van der Waals surface area contributed by atoms with Gasteiger partial charge >= 0.3 is 0 Å². The maximum atomic E-state index is 10.4. The molecule has 1 fully saturated rings. The van der Waals surface area contributed by atoms with E-state index in [1.165, 1.54) is 17.7 Å². The van der Waals surface area contributed by atoms with Gasteiger partial charge in [0.05, 0.1) is 6.10 Å². The summed E-state index contributed by atoms with van der Waals surface area (Å²) in [5, 5.41) is 10.4. The van der Waals surface area contributed by atoms with E-state index in [0.29, 0.717) is 6.10 Å². The Hall–Kier alpha value is -1.32. The molecule has 0 radical (unpaired) electrons. The molecule has 1 aromatic carbocycles. The zero-order valence-corrected chi connectivity index (χ0v) is 11.8. The summed E-state index contributed by atoms with van der Waals surface area (Å²) in [6.07, 6.45) is 3.24. The lowest BCUT2D eigenvalue weighted by molar-refractivity contribution is 0.224. The van der Waals surface area contributed by atoms with Crippen molar-refractivity contribution in [1.29, 1.82) is 0 Å². The quantitative estimate of drug-likeness (QED) is 0.895. The first-order chi connectivity index (χ1) is 9.26. The molecule has 1 aliphatic rings. The third-order valence-electron chi connectivity index (χ3n) is 3.32. The van der Waals surface area contributed by atoms with Gasteiger partial charge in [0.15, 0.2) is 0 Å². The van der Waals surface area contributed by atoms with Crippen molar-refractivity contribution >= 4 is 11.3 Å². The van der Waals surface area contributed by atoms with E-state index in [4.69, 9.17) is 4.74 Å². The number of hydrogen-bond acceptors (Lipinski definition) is 3. The lowest BCUT2D eigenvalue weighted by Gasteiger charge is -2.10. The fourth-order valence-electron chi connectivity index (χ4n) is 2.00. The summed E-state index contributed by atoms with van der Waals surface area (Å²) in [4.78, 5) is 2.32. The molecular weight excluding hydrogens is 256 g/mol. The van der Waals surface area contributed by atoms with Crippen molar-refractivity contribution in [2.45, 2.75) is 38.4 Å². The number of aliphatic hydroxyl groups is 1. The number of hydrogen-bond donors (Lipinski definition) is 1. The van der Waals surface area contributed by atoms with E-state index < -0.39 is 6.10 Å². The van der Waals surface area contributed by atoms with Crippen LogP contribution in [0.4, 0.5) is 0 Å². The van der Waals surface area contributed by atoms with E-state index in [2.05, 4.69) is 13.0 Å². The molecule has 3 rings (SSSR count). The molecule has 1 N–H and O–H groups in total. The molecule has 1 saturated carbocycles. The van der Waals surface area contributed by atoms with Crippen LogP contribution in [-0.2, 0) is 6.42 Å². The monoisotopic (exact) mass is 274 g/mol. The summed E-state index contributed by atoms with van der Waals surface area (Å²) in [5.74, 6) is 0.902. The zero-order valence-electron chi connectivity index (χ0n) is 11.0. The highest BCUT2D eigenvalue weighted by molar-refractivity contribution is 7.12. The summed E-state index contributed by atoms with van der Waals surface area (Å²) in [7, 11) is 0. The maximum absolute atomic E-state index is 10.4. The number of thiophene rings is 1. The van der Waals surface area contributed by atoms with Crippen molar-refractivity contribution in [3.63, 3.8) is 0 Å². The standard InChI is InChI=1S/C16H18O2S/c1-2-14-9-10-15(19-14)16(17)11-3-5-12(6-4-11)18-13-7-8-13/h3-6,9-10,13,16-17H,2,7-8H2,1H3. The van der Waals surface area contributed by atoms with Crippen LogP contribution in [0.1, 0.15) is 41.2 Å². The number of rotatable bonds is 5. The second-order valence-corrected chi connectivity index (χ2v) is 6.15. The van der Waals surface area contributed by atoms with Gasteiger partial charge in [0.25, 0.3) is 0 Å². The van der Waals surface area contributed by atoms with Crippen molar-refractivity contribution < 1.29 is 9.84 Å². The highest BCUT2D eigenvalue weighted by Crippen LogP contribution is 2.31. The van der Waals surface area contributed by atoms with Crippen LogP contribution in [0.15, 0.2) is 36.4 Å². The predicted octanol–water partition coefficient (Wildman–Crippen LogP) is 3.93. The molecule has 0 amide bonds. The van der Waals surface area contributed by atoms with Gasteiger partial charge in [-0.2, -0.15) is 0 Å². The Morgan fingerprint density at radius 1 is 1.21 bits per heavy atom. The molecule has 1 aromatic heterocycles.